The van der Waals surface area contributed by atoms with Crippen LogP contribution in [-0.4, -0.2) is 48.3 Å². The third-order valence-electron chi connectivity index (χ3n) is 3.66. The Morgan fingerprint density at radius 3 is 2.81 bits per heavy atom. The van der Waals surface area contributed by atoms with E-state index in [4.69, 9.17) is 0 Å². The fourth-order valence-electron chi connectivity index (χ4n) is 2.35. The van der Waals surface area contributed by atoms with E-state index < -0.39 is 0 Å². The zero-order chi connectivity index (χ0) is 11.5. The number of aliphatic hydroxyl groups is 1. The van der Waals surface area contributed by atoms with Crippen LogP contribution in [0, 0.1) is 5.92 Å². The van der Waals surface area contributed by atoms with Gasteiger partial charge in [-0.1, -0.05) is 6.58 Å². The topological polar surface area (TPSA) is 35.5 Å². The Labute approximate surface area is 98.5 Å². The fraction of sp³-hybridized carbons (Fsp3) is 0.846. The predicted molar refractivity (Wildman–Crippen MR) is 66.4 cm³/mol. The van der Waals surface area contributed by atoms with Crippen molar-refractivity contribution in [3.05, 3.63) is 12.2 Å². The number of nitrogens with zero attached hydrogens (tertiary/aromatic N) is 1. The maximum atomic E-state index is 9.53. The summed E-state index contributed by atoms with van der Waals surface area (Å²) in [5, 5.41) is 13.0. The molecule has 1 aliphatic heterocycles. The van der Waals surface area contributed by atoms with Crippen molar-refractivity contribution >= 4 is 0 Å². The number of rotatable bonds is 6. The molecule has 0 spiro atoms. The first-order chi connectivity index (χ1) is 7.65. The normalized spacial score (nSPS) is 28.2. The maximum Gasteiger partial charge on any atom is 0.0552 e. The molecule has 0 amide bonds. The molecule has 3 nitrogen and oxygen atoms in total. The maximum absolute atomic E-state index is 9.53. The number of nitrogens with one attached hydrogen (secondary N) is 1. The Morgan fingerprint density at radius 2 is 2.25 bits per heavy atom. The third-order valence-corrected chi connectivity index (χ3v) is 3.66. The Hall–Kier alpha value is -0.380. The average molecular weight is 224 g/mol. The minimum Gasteiger partial charge on any atom is -0.393 e. The van der Waals surface area contributed by atoms with E-state index >= 15 is 0 Å². The summed E-state index contributed by atoms with van der Waals surface area (Å²) in [6.07, 6.45) is 3.63. The van der Waals surface area contributed by atoms with Crippen molar-refractivity contribution in [3.8, 4) is 0 Å². The van der Waals surface area contributed by atoms with Gasteiger partial charge in [-0.3, -0.25) is 4.90 Å². The number of likely N-dealkylation sites (tertiary alicyclic amines) is 1. The summed E-state index contributed by atoms with van der Waals surface area (Å²) in [7, 11) is 0. The van der Waals surface area contributed by atoms with E-state index in [2.05, 4.69) is 16.8 Å². The van der Waals surface area contributed by atoms with E-state index in [0.717, 1.165) is 38.6 Å². The molecule has 2 fully saturated rings. The molecule has 0 aromatic rings. The molecule has 0 radical (unpaired) electrons. The van der Waals surface area contributed by atoms with Gasteiger partial charge in [-0.15, -0.1) is 0 Å². The molecule has 2 atom stereocenters. The van der Waals surface area contributed by atoms with Crippen molar-refractivity contribution in [1.29, 1.82) is 0 Å². The van der Waals surface area contributed by atoms with Crippen LogP contribution in [0.25, 0.3) is 0 Å². The molecule has 2 unspecified atom stereocenters. The second kappa shape index (κ2) is 5.30. The second-order valence-electron chi connectivity index (χ2n) is 5.43. The first-order valence-electron chi connectivity index (χ1n) is 6.45. The van der Waals surface area contributed by atoms with Crippen molar-refractivity contribution in [1.82, 2.24) is 10.2 Å². The van der Waals surface area contributed by atoms with Crippen LogP contribution in [0.15, 0.2) is 12.2 Å². The average Bonchev–Trinajstić information content (AvgIpc) is 2.95. The molecule has 2 rings (SSSR count). The van der Waals surface area contributed by atoms with Gasteiger partial charge in [-0.25, -0.2) is 0 Å². The SMILES string of the molecule is C=C(CNC1CC1)CN1CCC(C(C)O)C1. The molecule has 92 valence electrons. The van der Waals surface area contributed by atoms with Crippen LogP contribution in [0.5, 0.6) is 0 Å². The monoisotopic (exact) mass is 224 g/mol. The van der Waals surface area contributed by atoms with Gasteiger partial charge in [0.05, 0.1) is 6.10 Å². The van der Waals surface area contributed by atoms with Crippen molar-refractivity contribution in [2.75, 3.05) is 26.2 Å². The van der Waals surface area contributed by atoms with Gasteiger partial charge in [0.15, 0.2) is 0 Å². The highest BCUT2D eigenvalue weighted by atomic mass is 16.3. The zero-order valence-corrected chi connectivity index (χ0v) is 10.3. The lowest BCUT2D eigenvalue weighted by molar-refractivity contribution is 0.128. The summed E-state index contributed by atoms with van der Waals surface area (Å²) in [5.41, 5.74) is 1.28. The molecule has 1 aliphatic carbocycles. The van der Waals surface area contributed by atoms with E-state index in [1.807, 2.05) is 6.92 Å². The van der Waals surface area contributed by atoms with E-state index in [-0.39, 0.29) is 6.10 Å². The van der Waals surface area contributed by atoms with E-state index in [1.165, 1.54) is 18.4 Å². The summed E-state index contributed by atoms with van der Waals surface area (Å²) < 4.78 is 0. The quantitative estimate of drug-likeness (QED) is 0.661. The van der Waals surface area contributed by atoms with Crippen molar-refractivity contribution in [2.24, 2.45) is 5.92 Å². The molecule has 16 heavy (non-hydrogen) atoms. The molecule has 1 saturated heterocycles. The highest BCUT2D eigenvalue weighted by Crippen LogP contribution is 2.21. The van der Waals surface area contributed by atoms with E-state index in [0.29, 0.717) is 5.92 Å². The van der Waals surface area contributed by atoms with Crippen LogP contribution in [0.3, 0.4) is 0 Å². The van der Waals surface area contributed by atoms with Crippen LogP contribution in [0.1, 0.15) is 26.2 Å². The van der Waals surface area contributed by atoms with Crippen LogP contribution in [0.4, 0.5) is 0 Å². The molecule has 2 aliphatic rings. The molecular formula is C13H24N2O. The van der Waals surface area contributed by atoms with Crippen molar-refractivity contribution in [2.45, 2.75) is 38.3 Å². The van der Waals surface area contributed by atoms with Gasteiger partial charge in [0.1, 0.15) is 0 Å². The first-order valence-corrected chi connectivity index (χ1v) is 6.45. The molecule has 1 saturated carbocycles. The van der Waals surface area contributed by atoms with Crippen molar-refractivity contribution in [3.63, 3.8) is 0 Å². The summed E-state index contributed by atoms with van der Waals surface area (Å²) >= 11 is 0. The second-order valence-corrected chi connectivity index (χ2v) is 5.43. The Morgan fingerprint density at radius 1 is 1.50 bits per heavy atom. The molecule has 0 aromatic carbocycles. The highest BCUT2D eigenvalue weighted by molar-refractivity contribution is 5.02. The largest absolute Gasteiger partial charge is 0.393 e. The van der Waals surface area contributed by atoms with Crippen LogP contribution < -0.4 is 5.32 Å². The Kier molecular flexibility index (Phi) is 4.00. The summed E-state index contributed by atoms with van der Waals surface area (Å²) in [5.74, 6) is 0.462. The van der Waals surface area contributed by atoms with Gasteiger partial charge < -0.3 is 10.4 Å². The lowest BCUT2D eigenvalue weighted by Crippen LogP contribution is -2.29. The molecule has 0 aromatic heterocycles. The number of aliphatic hydroxyl groups excluding tert-OH is 1. The molecule has 2 N–H and O–H groups in total. The van der Waals surface area contributed by atoms with Gasteiger partial charge in [0, 0.05) is 25.7 Å². The molecule has 0 bridgehead atoms. The van der Waals surface area contributed by atoms with Crippen LogP contribution >= 0.6 is 0 Å². The number of hydrogen-bond donors (Lipinski definition) is 2. The minimum atomic E-state index is -0.164. The lowest BCUT2D eigenvalue weighted by Gasteiger charge is -2.18. The van der Waals surface area contributed by atoms with Gasteiger partial charge >= 0.3 is 0 Å². The van der Waals surface area contributed by atoms with E-state index in [1.54, 1.807) is 0 Å². The predicted octanol–water partition coefficient (Wildman–Crippen LogP) is 0.997. The first kappa shape index (κ1) is 12.1. The highest BCUT2D eigenvalue weighted by Gasteiger charge is 2.26. The number of hydrogen-bond acceptors (Lipinski definition) is 3. The van der Waals surface area contributed by atoms with Gasteiger partial charge in [-0.05, 0) is 44.2 Å². The third kappa shape index (κ3) is 3.58. The van der Waals surface area contributed by atoms with Gasteiger partial charge in [-0.2, -0.15) is 0 Å². The fourth-order valence-corrected chi connectivity index (χ4v) is 2.35. The van der Waals surface area contributed by atoms with Crippen molar-refractivity contribution < 1.29 is 5.11 Å². The smallest absolute Gasteiger partial charge is 0.0552 e. The lowest BCUT2D eigenvalue weighted by atomic mass is 10.0. The van der Waals surface area contributed by atoms with Gasteiger partial charge in [0.25, 0.3) is 0 Å². The summed E-state index contributed by atoms with van der Waals surface area (Å²) in [6.45, 7) is 10.1. The Balaban J connectivity index is 1.63. The molecule has 3 heteroatoms. The summed E-state index contributed by atoms with van der Waals surface area (Å²) in [4.78, 5) is 2.41. The molecular weight excluding hydrogens is 200 g/mol. The summed E-state index contributed by atoms with van der Waals surface area (Å²) in [6, 6.07) is 0.764. The van der Waals surface area contributed by atoms with Crippen LogP contribution in [0.2, 0.25) is 0 Å². The Bertz CT molecular complexity index is 248. The minimum absolute atomic E-state index is 0.164. The van der Waals surface area contributed by atoms with E-state index in [9.17, 15) is 5.11 Å². The standard InChI is InChI=1S/C13H24N2O/c1-10(7-14-13-3-4-13)8-15-6-5-12(9-15)11(2)16/h11-14,16H,1,3-9H2,2H3. The zero-order valence-electron chi connectivity index (χ0n) is 10.3. The van der Waals surface area contributed by atoms with Crippen LogP contribution in [-0.2, 0) is 0 Å². The molecule has 1 heterocycles. The van der Waals surface area contributed by atoms with Gasteiger partial charge in [0.2, 0.25) is 0 Å².